The molecule has 2 aromatic carbocycles. The second kappa shape index (κ2) is 9.45. The summed E-state index contributed by atoms with van der Waals surface area (Å²) in [4.78, 5) is 12.0. The van der Waals surface area contributed by atoms with Crippen molar-refractivity contribution in [2.24, 2.45) is 0 Å². The SMILES string of the molecule is CS(=O)(=O)Nc1cc2oc(-c3ccc(C(F)(F)F)cc3)c(C(=O)O)c2cc1C1CC1.[K+].[OH-]. The van der Waals surface area contributed by atoms with Crippen LogP contribution in [0.15, 0.2) is 40.8 Å². The van der Waals surface area contributed by atoms with Crippen LogP contribution in [0.5, 0.6) is 0 Å². The van der Waals surface area contributed by atoms with E-state index in [-0.39, 0.29) is 90.6 Å². The molecule has 166 valence electrons. The molecular weight excluding hydrogens is 478 g/mol. The van der Waals surface area contributed by atoms with Gasteiger partial charge in [-0.05, 0) is 42.5 Å². The number of carboxylic acids is 1. The van der Waals surface area contributed by atoms with Crippen LogP contribution in [0, 0.1) is 0 Å². The van der Waals surface area contributed by atoms with E-state index in [1.807, 2.05) is 0 Å². The Morgan fingerprint density at radius 2 is 1.75 bits per heavy atom. The number of hydrogen-bond donors (Lipinski definition) is 2. The van der Waals surface area contributed by atoms with Crippen molar-refractivity contribution in [3.05, 3.63) is 53.1 Å². The van der Waals surface area contributed by atoms with Gasteiger partial charge >= 0.3 is 63.5 Å². The Morgan fingerprint density at radius 3 is 2.22 bits per heavy atom. The largest absolute Gasteiger partial charge is 1.00 e. The number of carbonyl (C=O) groups is 1. The summed E-state index contributed by atoms with van der Waals surface area (Å²) >= 11 is 0. The molecule has 1 aliphatic carbocycles. The van der Waals surface area contributed by atoms with Gasteiger partial charge in [0, 0.05) is 17.0 Å². The maximum Gasteiger partial charge on any atom is 1.00 e. The van der Waals surface area contributed by atoms with Crippen molar-refractivity contribution in [3.63, 3.8) is 0 Å². The monoisotopic (exact) mass is 495 g/mol. The number of fused-ring (bicyclic) bond motifs is 1. The fourth-order valence-corrected chi connectivity index (χ4v) is 3.98. The number of carboxylic acid groups (broad SMARTS) is 1. The fraction of sp³-hybridized carbons (Fsp3) is 0.250. The molecule has 0 radical (unpaired) electrons. The minimum absolute atomic E-state index is 0. The molecule has 3 N–H and O–H groups in total. The standard InChI is InChI=1S/C20H16F3NO5S.K.H2O/c1-30(27,28)24-15-9-16-14(8-13(15)10-2-3-10)17(19(25)26)18(29-16)11-4-6-12(7-5-11)20(21,22)23;;/h4-10,24H,2-3H2,1H3,(H,25,26);;1H2/q;+1;/p-1. The van der Waals surface area contributed by atoms with E-state index in [1.165, 1.54) is 6.07 Å². The first-order valence-corrected chi connectivity index (χ1v) is 10.8. The van der Waals surface area contributed by atoms with E-state index < -0.39 is 27.7 Å². The molecule has 1 aromatic heterocycles. The van der Waals surface area contributed by atoms with Crippen LogP contribution in [0.1, 0.15) is 40.2 Å². The Bertz CT molecular complexity index is 1270. The van der Waals surface area contributed by atoms with Gasteiger partial charge in [0.15, 0.2) is 0 Å². The molecule has 3 aromatic rings. The average molecular weight is 496 g/mol. The van der Waals surface area contributed by atoms with Gasteiger partial charge in [-0.1, -0.05) is 12.1 Å². The molecule has 0 unspecified atom stereocenters. The molecule has 0 saturated heterocycles. The average Bonchev–Trinajstić information content (AvgIpc) is 3.39. The van der Waals surface area contributed by atoms with E-state index in [9.17, 15) is 31.5 Å². The van der Waals surface area contributed by atoms with Gasteiger partial charge in [-0.25, -0.2) is 13.2 Å². The van der Waals surface area contributed by atoms with Crippen molar-refractivity contribution in [3.8, 4) is 11.3 Å². The van der Waals surface area contributed by atoms with Crippen molar-refractivity contribution < 1.29 is 92.8 Å². The molecule has 1 aliphatic rings. The molecule has 0 aliphatic heterocycles. The maximum atomic E-state index is 12.8. The van der Waals surface area contributed by atoms with Crippen LogP contribution in [-0.4, -0.2) is 31.2 Å². The Balaban J connectivity index is 0.00000181. The van der Waals surface area contributed by atoms with Crippen molar-refractivity contribution in [2.45, 2.75) is 24.9 Å². The van der Waals surface area contributed by atoms with Crippen LogP contribution in [-0.2, 0) is 16.2 Å². The van der Waals surface area contributed by atoms with Gasteiger partial charge in [0.05, 0.1) is 17.5 Å². The fourth-order valence-electron chi connectivity index (χ4n) is 3.41. The smallest absolute Gasteiger partial charge is 0.870 e. The Hall–Kier alpha value is -1.41. The molecule has 0 spiro atoms. The van der Waals surface area contributed by atoms with E-state index in [0.717, 1.165) is 43.4 Å². The molecule has 32 heavy (non-hydrogen) atoms. The first-order valence-electron chi connectivity index (χ1n) is 8.93. The summed E-state index contributed by atoms with van der Waals surface area (Å²) in [6, 6.07) is 6.99. The minimum Gasteiger partial charge on any atom is -0.870 e. The third-order valence-electron chi connectivity index (χ3n) is 4.86. The van der Waals surface area contributed by atoms with E-state index in [1.54, 1.807) is 6.07 Å². The predicted molar refractivity (Wildman–Crippen MR) is 106 cm³/mol. The zero-order valence-electron chi connectivity index (χ0n) is 17.0. The number of hydrogen-bond acceptors (Lipinski definition) is 5. The van der Waals surface area contributed by atoms with E-state index >= 15 is 0 Å². The van der Waals surface area contributed by atoms with Gasteiger partial charge < -0.3 is 15.0 Å². The van der Waals surface area contributed by atoms with Crippen molar-refractivity contribution in [1.82, 2.24) is 0 Å². The number of alkyl halides is 3. The van der Waals surface area contributed by atoms with Crippen LogP contribution in [0.2, 0.25) is 0 Å². The van der Waals surface area contributed by atoms with Gasteiger partial charge in [0.2, 0.25) is 10.0 Å². The maximum absolute atomic E-state index is 12.8. The number of benzene rings is 2. The quantitative estimate of drug-likeness (QED) is 0.521. The van der Waals surface area contributed by atoms with Crippen molar-refractivity contribution in [1.29, 1.82) is 0 Å². The summed E-state index contributed by atoms with van der Waals surface area (Å²) in [5.74, 6) is -1.29. The van der Waals surface area contributed by atoms with Crippen molar-refractivity contribution in [2.75, 3.05) is 11.0 Å². The zero-order valence-corrected chi connectivity index (χ0v) is 21.0. The van der Waals surface area contributed by atoms with E-state index in [4.69, 9.17) is 4.42 Å². The second-order valence-corrected chi connectivity index (χ2v) is 9.02. The predicted octanol–water partition coefficient (Wildman–Crippen LogP) is 1.89. The number of aromatic carboxylic acids is 1. The van der Waals surface area contributed by atoms with Gasteiger partial charge in [-0.3, -0.25) is 4.72 Å². The third kappa shape index (κ3) is 5.55. The molecule has 0 atom stereocenters. The first-order chi connectivity index (χ1) is 13.9. The molecule has 1 fully saturated rings. The molecule has 1 saturated carbocycles. The number of rotatable bonds is 5. The molecule has 4 rings (SSSR count). The van der Waals surface area contributed by atoms with Gasteiger partial charge in [-0.2, -0.15) is 13.2 Å². The summed E-state index contributed by atoms with van der Waals surface area (Å²) in [6.07, 6.45) is -1.83. The number of furan rings is 1. The van der Waals surface area contributed by atoms with Crippen LogP contribution in [0.4, 0.5) is 18.9 Å². The number of nitrogens with one attached hydrogen (secondary N) is 1. The third-order valence-corrected chi connectivity index (χ3v) is 5.45. The summed E-state index contributed by atoms with van der Waals surface area (Å²) < 4.78 is 70.0. The molecule has 7 nitrogen and oxygen atoms in total. The first kappa shape index (κ1) is 26.8. The number of sulfonamides is 1. The molecule has 1 heterocycles. The van der Waals surface area contributed by atoms with Crippen LogP contribution < -0.4 is 56.1 Å². The molecule has 0 amide bonds. The number of halogens is 3. The summed E-state index contributed by atoms with van der Waals surface area (Å²) in [7, 11) is -3.58. The van der Waals surface area contributed by atoms with Crippen LogP contribution >= 0.6 is 0 Å². The van der Waals surface area contributed by atoms with E-state index in [0.29, 0.717) is 11.3 Å². The zero-order chi connectivity index (χ0) is 21.8. The van der Waals surface area contributed by atoms with Gasteiger partial charge in [0.25, 0.3) is 0 Å². The van der Waals surface area contributed by atoms with E-state index in [2.05, 4.69) is 4.72 Å². The molecule has 12 heteroatoms. The van der Waals surface area contributed by atoms with Gasteiger partial charge in [-0.15, -0.1) is 0 Å². The number of anilines is 1. The van der Waals surface area contributed by atoms with Crippen LogP contribution in [0.25, 0.3) is 22.3 Å². The Morgan fingerprint density at radius 1 is 1.16 bits per heavy atom. The second-order valence-electron chi connectivity index (χ2n) is 7.27. The molecule has 0 bridgehead atoms. The normalized spacial score (nSPS) is 13.9. The summed E-state index contributed by atoms with van der Waals surface area (Å²) in [5, 5.41) is 10.0. The van der Waals surface area contributed by atoms with Gasteiger partial charge in [0.1, 0.15) is 16.9 Å². The Kier molecular flexibility index (Phi) is 7.92. The topological polar surface area (TPSA) is 127 Å². The van der Waals surface area contributed by atoms with Crippen molar-refractivity contribution >= 4 is 32.6 Å². The summed E-state index contributed by atoms with van der Waals surface area (Å²) in [6.45, 7) is 0. The Labute approximate surface area is 223 Å². The van der Waals surface area contributed by atoms with Crippen LogP contribution in [0.3, 0.4) is 0 Å². The minimum atomic E-state index is -4.52. The molecular formula is C20H17F3KNO6S. The summed E-state index contributed by atoms with van der Waals surface area (Å²) in [5.41, 5.74) is 0.208.